The Morgan fingerprint density at radius 1 is 1.47 bits per heavy atom. The van der Waals surface area contributed by atoms with Gasteiger partial charge in [-0.25, -0.2) is 0 Å². The third-order valence-corrected chi connectivity index (χ3v) is 3.67. The molecule has 0 saturated carbocycles. The van der Waals surface area contributed by atoms with Crippen LogP contribution in [-0.4, -0.2) is 47.7 Å². The van der Waals surface area contributed by atoms with E-state index in [-0.39, 0.29) is 4.48 Å². The highest BCUT2D eigenvalue weighted by Crippen LogP contribution is 2.28. The zero-order chi connectivity index (χ0) is 12.4. The summed E-state index contributed by atoms with van der Waals surface area (Å²) in [6.45, 7) is 5.15. The van der Waals surface area contributed by atoms with Gasteiger partial charge in [-0.2, -0.15) is 0 Å². The van der Waals surface area contributed by atoms with E-state index in [1.165, 1.54) is 13.8 Å². The van der Waals surface area contributed by atoms with E-state index in [1.54, 1.807) is 14.1 Å². The lowest BCUT2D eigenvalue weighted by atomic mass is 9.83. The van der Waals surface area contributed by atoms with Crippen LogP contribution in [0.5, 0.6) is 0 Å². The van der Waals surface area contributed by atoms with Crippen molar-refractivity contribution in [1.29, 1.82) is 0 Å². The first-order valence-corrected chi connectivity index (χ1v) is 4.88. The van der Waals surface area contributed by atoms with Crippen molar-refractivity contribution in [2.45, 2.75) is 26.3 Å². The average molecular weight is 217 g/mol. The van der Waals surface area contributed by atoms with E-state index in [0.29, 0.717) is 6.54 Å². The molecule has 0 rings (SSSR count). The van der Waals surface area contributed by atoms with E-state index in [2.05, 4.69) is 0 Å². The molecule has 2 atom stereocenters. The molecule has 1 N–H and O–H groups in total. The molecule has 0 aromatic heterocycles. The molecule has 0 aliphatic carbocycles. The number of likely N-dealkylation sites (N-methyl/N-ethyl adjacent to an activating group) is 1. The predicted octanol–water partition coefficient (Wildman–Crippen LogP) is -0.688. The van der Waals surface area contributed by atoms with Crippen molar-refractivity contribution in [3.63, 3.8) is 0 Å². The fraction of sp³-hybridized carbons (Fsp3) is 0.800. The van der Waals surface area contributed by atoms with Gasteiger partial charge in [0.05, 0.1) is 20.6 Å². The Labute approximate surface area is 89.9 Å². The fourth-order valence-electron chi connectivity index (χ4n) is 1.52. The first-order valence-electron chi connectivity index (χ1n) is 4.88. The number of hydrogen-bond acceptors (Lipinski definition) is 3. The molecule has 0 bridgehead atoms. The molecule has 5 heteroatoms. The van der Waals surface area contributed by atoms with Crippen LogP contribution in [-0.2, 0) is 9.59 Å². The first kappa shape index (κ1) is 13.9. The van der Waals surface area contributed by atoms with Gasteiger partial charge in [0.15, 0.2) is 0 Å². The summed E-state index contributed by atoms with van der Waals surface area (Å²) in [7, 11) is 3.38. The molecule has 88 valence electrons. The van der Waals surface area contributed by atoms with Crippen LogP contribution in [0.1, 0.15) is 20.8 Å². The van der Waals surface area contributed by atoms with Crippen molar-refractivity contribution in [2.75, 3.05) is 20.6 Å². The zero-order valence-corrected chi connectivity index (χ0v) is 9.90. The molecule has 0 saturated heterocycles. The largest absolute Gasteiger partial charge is 0.544 e. The smallest absolute Gasteiger partial charge is 0.313 e. The Hall–Kier alpha value is -1.10. The topological polar surface area (TPSA) is 77.4 Å². The van der Waals surface area contributed by atoms with Crippen molar-refractivity contribution >= 4 is 11.9 Å². The van der Waals surface area contributed by atoms with Gasteiger partial charge in [0.25, 0.3) is 0 Å². The van der Waals surface area contributed by atoms with Crippen LogP contribution in [0, 0.1) is 5.92 Å². The number of quaternary nitrogens is 1. The van der Waals surface area contributed by atoms with Crippen LogP contribution in [0.2, 0.25) is 0 Å². The number of hydrogen-bond donors (Lipinski definition) is 1. The first-order chi connectivity index (χ1) is 6.61. The molecule has 0 aromatic rings. The van der Waals surface area contributed by atoms with Crippen LogP contribution in [0.4, 0.5) is 0 Å². The summed E-state index contributed by atoms with van der Waals surface area (Å²) in [6.07, 6.45) is 0. The Kier molecular flexibility index (Phi) is 3.88. The standard InChI is InChI=1S/C10H19NO4/c1-6-11(4,5)10(3,9(14)15)7(2)8(12)13/h7H,6H2,1-5H3,(H-,12,13,14,15). The van der Waals surface area contributed by atoms with Crippen molar-refractivity contribution in [1.82, 2.24) is 0 Å². The maximum atomic E-state index is 11.2. The fourth-order valence-corrected chi connectivity index (χ4v) is 1.52. The number of carboxylic acid groups (broad SMARTS) is 2. The number of nitrogens with zero attached hydrogens (tertiary/aromatic N) is 1. The Bertz CT molecular complexity index is 275. The molecule has 15 heavy (non-hydrogen) atoms. The van der Waals surface area contributed by atoms with Crippen LogP contribution in [0.15, 0.2) is 0 Å². The number of aliphatic carboxylic acids is 2. The SMILES string of the molecule is CC[N+](C)(C)C(C)(C(=O)[O-])C(C)C(=O)O. The van der Waals surface area contributed by atoms with Gasteiger partial charge < -0.3 is 19.5 Å². The zero-order valence-electron chi connectivity index (χ0n) is 9.90. The summed E-state index contributed by atoms with van der Waals surface area (Å²) in [6, 6.07) is 0. The maximum Gasteiger partial charge on any atom is 0.313 e. The van der Waals surface area contributed by atoms with Crippen LogP contribution in [0.3, 0.4) is 0 Å². The molecular formula is C10H19NO4. The summed E-state index contributed by atoms with van der Waals surface area (Å²) in [5.74, 6) is -3.46. The predicted molar refractivity (Wildman–Crippen MR) is 52.9 cm³/mol. The van der Waals surface area contributed by atoms with Crippen molar-refractivity contribution < 1.29 is 24.3 Å². The highest BCUT2D eigenvalue weighted by atomic mass is 16.4. The summed E-state index contributed by atoms with van der Waals surface area (Å²) in [5.41, 5.74) is -1.43. The second-order valence-electron chi connectivity index (χ2n) is 4.50. The monoisotopic (exact) mass is 217 g/mol. The van der Waals surface area contributed by atoms with Crippen LogP contribution < -0.4 is 5.11 Å². The molecule has 0 amide bonds. The molecule has 0 fully saturated rings. The quantitative estimate of drug-likeness (QED) is 0.618. The summed E-state index contributed by atoms with van der Waals surface area (Å²) in [5, 5.41) is 20.1. The second-order valence-corrected chi connectivity index (χ2v) is 4.50. The molecular weight excluding hydrogens is 198 g/mol. The van der Waals surface area contributed by atoms with Crippen molar-refractivity contribution in [3.05, 3.63) is 0 Å². The van der Waals surface area contributed by atoms with E-state index < -0.39 is 23.4 Å². The highest BCUT2D eigenvalue weighted by Gasteiger charge is 2.49. The lowest BCUT2D eigenvalue weighted by Crippen LogP contribution is -2.70. The minimum absolute atomic E-state index is 0.0722. The van der Waals surface area contributed by atoms with Crippen LogP contribution >= 0.6 is 0 Å². The Balaban J connectivity index is 5.44. The summed E-state index contributed by atoms with van der Waals surface area (Å²) in [4.78, 5) is 22.1. The number of carbonyl (C=O) groups excluding carboxylic acids is 1. The van der Waals surface area contributed by atoms with Gasteiger partial charge in [-0.15, -0.1) is 0 Å². The molecule has 0 aliphatic heterocycles. The van der Waals surface area contributed by atoms with Gasteiger partial charge in [-0.1, -0.05) is 0 Å². The van der Waals surface area contributed by atoms with E-state index in [9.17, 15) is 14.7 Å². The molecule has 5 nitrogen and oxygen atoms in total. The van der Waals surface area contributed by atoms with Gasteiger partial charge in [0.1, 0.15) is 17.4 Å². The van der Waals surface area contributed by atoms with Crippen LogP contribution in [0.25, 0.3) is 0 Å². The van der Waals surface area contributed by atoms with Gasteiger partial charge in [0, 0.05) is 0 Å². The number of rotatable bonds is 5. The van der Waals surface area contributed by atoms with Gasteiger partial charge in [-0.05, 0) is 20.8 Å². The normalized spacial score (nSPS) is 17.9. The van der Waals surface area contributed by atoms with Gasteiger partial charge in [-0.3, -0.25) is 4.79 Å². The van der Waals surface area contributed by atoms with E-state index in [0.717, 1.165) is 0 Å². The van der Waals surface area contributed by atoms with Gasteiger partial charge >= 0.3 is 5.97 Å². The molecule has 2 unspecified atom stereocenters. The number of carboxylic acids is 2. The molecule has 0 radical (unpaired) electrons. The Morgan fingerprint density at radius 2 is 1.87 bits per heavy atom. The lowest BCUT2D eigenvalue weighted by molar-refractivity contribution is -0.933. The average Bonchev–Trinajstić information content (AvgIpc) is 2.14. The molecule has 0 heterocycles. The molecule has 0 aliphatic rings. The third-order valence-electron chi connectivity index (χ3n) is 3.67. The van der Waals surface area contributed by atoms with Crippen molar-refractivity contribution in [2.24, 2.45) is 5.92 Å². The summed E-state index contributed by atoms with van der Waals surface area (Å²) >= 11 is 0. The Morgan fingerprint density at radius 3 is 2.07 bits per heavy atom. The summed E-state index contributed by atoms with van der Waals surface area (Å²) < 4.78 is 0.0722. The molecule has 0 spiro atoms. The number of carbonyl (C=O) groups is 2. The van der Waals surface area contributed by atoms with E-state index >= 15 is 0 Å². The highest BCUT2D eigenvalue weighted by molar-refractivity contribution is 5.83. The minimum Gasteiger partial charge on any atom is -0.544 e. The third kappa shape index (κ3) is 2.12. The van der Waals surface area contributed by atoms with Gasteiger partial charge in [0.2, 0.25) is 0 Å². The van der Waals surface area contributed by atoms with E-state index in [1.807, 2.05) is 6.92 Å². The lowest BCUT2D eigenvalue weighted by Gasteiger charge is -2.48. The molecule has 0 aromatic carbocycles. The van der Waals surface area contributed by atoms with Crippen molar-refractivity contribution in [3.8, 4) is 0 Å². The second kappa shape index (κ2) is 4.18. The van der Waals surface area contributed by atoms with E-state index in [4.69, 9.17) is 5.11 Å². The maximum absolute atomic E-state index is 11.2. The minimum atomic E-state index is -1.43.